The third kappa shape index (κ3) is 3.10. The van der Waals surface area contributed by atoms with Crippen molar-refractivity contribution in [2.24, 2.45) is 0 Å². The number of fused-ring (bicyclic) bond motifs is 1. The van der Waals surface area contributed by atoms with Crippen molar-refractivity contribution in [1.29, 1.82) is 0 Å². The minimum atomic E-state index is -0.727. The fourth-order valence-corrected chi connectivity index (χ4v) is 2.66. The Kier molecular flexibility index (Phi) is 4.02. The number of aliphatic carboxylic acids is 1. The van der Waals surface area contributed by atoms with Crippen LogP contribution >= 0.6 is 0 Å². The van der Waals surface area contributed by atoms with E-state index in [1.54, 1.807) is 0 Å². The van der Waals surface area contributed by atoms with Crippen LogP contribution in [-0.4, -0.2) is 36.1 Å². The molecule has 18 heavy (non-hydrogen) atoms. The highest BCUT2D eigenvalue weighted by Crippen LogP contribution is 2.24. The summed E-state index contributed by atoms with van der Waals surface area (Å²) in [5.74, 6) is -0.727. The Morgan fingerprint density at radius 3 is 2.72 bits per heavy atom. The molecule has 98 valence electrons. The van der Waals surface area contributed by atoms with Crippen molar-refractivity contribution in [2.45, 2.75) is 38.1 Å². The SMILES string of the molecule is CN(C)C(CC(=O)O)Cc1ccc2c(c1)CCC2. The van der Waals surface area contributed by atoms with Crippen molar-refractivity contribution in [3.05, 3.63) is 34.9 Å². The summed E-state index contributed by atoms with van der Waals surface area (Å²) in [6.45, 7) is 0. The first kappa shape index (κ1) is 13.1. The number of aryl methyl sites for hydroxylation is 2. The lowest BCUT2D eigenvalue weighted by atomic mass is 9.99. The van der Waals surface area contributed by atoms with Gasteiger partial charge in [-0.3, -0.25) is 4.79 Å². The maximum Gasteiger partial charge on any atom is 0.304 e. The van der Waals surface area contributed by atoms with Gasteiger partial charge in [0.25, 0.3) is 0 Å². The third-order valence-electron chi connectivity index (χ3n) is 3.77. The Morgan fingerprint density at radius 1 is 1.33 bits per heavy atom. The van der Waals surface area contributed by atoms with Crippen LogP contribution in [-0.2, 0) is 24.1 Å². The molecule has 1 aromatic rings. The molecule has 1 N–H and O–H groups in total. The summed E-state index contributed by atoms with van der Waals surface area (Å²) in [5.41, 5.74) is 4.19. The van der Waals surface area contributed by atoms with E-state index in [1.165, 1.54) is 36.0 Å². The zero-order valence-corrected chi connectivity index (χ0v) is 11.1. The first-order valence-corrected chi connectivity index (χ1v) is 6.55. The Bertz CT molecular complexity index is 440. The highest BCUT2D eigenvalue weighted by atomic mass is 16.4. The van der Waals surface area contributed by atoms with Gasteiger partial charge in [0.2, 0.25) is 0 Å². The number of likely N-dealkylation sites (N-methyl/N-ethyl adjacent to an activating group) is 1. The number of benzene rings is 1. The van der Waals surface area contributed by atoms with Crippen LogP contribution in [0, 0.1) is 0 Å². The zero-order valence-electron chi connectivity index (χ0n) is 11.1. The monoisotopic (exact) mass is 247 g/mol. The van der Waals surface area contributed by atoms with Gasteiger partial charge < -0.3 is 10.0 Å². The molecule has 0 radical (unpaired) electrons. The Balaban J connectivity index is 2.09. The van der Waals surface area contributed by atoms with E-state index in [9.17, 15) is 4.79 Å². The van der Waals surface area contributed by atoms with Gasteiger partial charge in [-0.2, -0.15) is 0 Å². The number of hydrogen-bond donors (Lipinski definition) is 1. The molecule has 0 heterocycles. The summed E-state index contributed by atoms with van der Waals surface area (Å²) < 4.78 is 0. The average molecular weight is 247 g/mol. The van der Waals surface area contributed by atoms with Crippen LogP contribution in [0.3, 0.4) is 0 Å². The zero-order chi connectivity index (χ0) is 13.1. The number of hydrogen-bond acceptors (Lipinski definition) is 2. The van der Waals surface area contributed by atoms with E-state index in [1.807, 2.05) is 19.0 Å². The van der Waals surface area contributed by atoms with Crippen LogP contribution in [0.1, 0.15) is 29.5 Å². The predicted molar refractivity (Wildman–Crippen MR) is 71.9 cm³/mol. The van der Waals surface area contributed by atoms with E-state index in [4.69, 9.17) is 5.11 Å². The second kappa shape index (κ2) is 5.53. The lowest BCUT2D eigenvalue weighted by Crippen LogP contribution is -2.32. The van der Waals surface area contributed by atoms with E-state index >= 15 is 0 Å². The summed E-state index contributed by atoms with van der Waals surface area (Å²) >= 11 is 0. The largest absolute Gasteiger partial charge is 0.481 e. The molecular formula is C15H21NO2. The molecule has 3 nitrogen and oxygen atoms in total. The predicted octanol–water partition coefficient (Wildman–Crippen LogP) is 2.12. The van der Waals surface area contributed by atoms with Crippen LogP contribution < -0.4 is 0 Å². The molecule has 0 aliphatic heterocycles. The van der Waals surface area contributed by atoms with Crippen molar-refractivity contribution in [3.8, 4) is 0 Å². The summed E-state index contributed by atoms with van der Waals surface area (Å²) in [4.78, 5) is 12.9. The molecule has 1 unspecified atom stereocenters. The number of carboxylic acids is 1. The van der Waals surface area contributed by atoms with Crippen LogP contribution in [0.5, 0.6) is 0 Å². The summed E-state index contributed by atoms with van der Waals surface area (Å²) in [6.07, 6.45) is 4.64. The van der Waals surface area contributed by atoms with E-state index in [-0.39, 0.29) is 12.5 Å². The summed E-state index contributed by atoms with van der Waals surface area (Å²) in [6, 6.07) is 6.70. The Hall–Kier alpha value is -1.35. The van der Waals surface area contributed by atoms with E-state index in [2.05, 4.69) is 18.2 Å². The minimum Gasteiger partial charge on any atom is -0.481 e. The highest BCUT2D eigenvalue weighted by molar-refractivity contribution is 5.67. The summed E-state index contributed by atoms with van der Waals surface area (Å²) in [5, 5.41) is 8.94. The minimum absolute atomic E-state index is 0.0713. The second-order valence-electron chi connectivity index (χ2n) is 5.38. The van der Waals surface area contributed by atoms with Crippen molar-refractivity contribution >= 4 is 5.97 Å². The highest BCUT2D eigenvalue weighted by Gasteiger charge is 2.17. The lowest BCUT2D eigenvalue weighted by Gasteiger charge is -2.23. The molecule has 0 saturated carbocycles. The van der Waals surface area contributed by atoms with Crippen LogP contribution in [0.2, 0.25) is 0 Å². The number of rotatable bonds is 5. The fraction of sp³-hybridized carbons (Fsp3) is 0.533. The normalized spacial score (nSPS) is 15.7. The average Bonchev–Trinajstić information content (AvgIpc) is 2.74. The van der Waals surface area contributed by atoms with Gasteiger partial charge in [-0.15, -0.1) is 0 Å². The van der Waals surface area contributed by atoms with Crippen molar-refractivity contribution in [1.82, 2.24) is 4.90 Å². The number of nitrogens with zero attached hydrogens (tertiary/aromatic N) is 1. The molecule has 3 heteroatoms. The molecule has 0 aromatic heterocycles. The summed E-state index contributed by atoms with van der Waals surface area (Å²) in [7, 11) is 3.89. The lowest BCUT2D eigenvalue weighted by molar-refractivity contribution is -0.138. The van der Waals surface area contributed by atoms with Gasteiger partial charge in [0.1, 0.15) is 0 Å². The second-order valence-corrected chi connectivity index (χ2v) is 5.38. The topological polar surface area (TPSA) is 40.5 Å². The van der Waals surface area contributed by atoms with Gasteiger partial charge in [-0.05, 0) is 56.5 Å². The molecule has 1 aliphatic rings. The first-order chi connectivity index (χ1) is 8.56. The first-order valence-electron chi connectivity index (χ1n) is 6.55. The van der Waals surface area contributed by atoms with Gasteiger partial charge in [0.05, 0.1) is 6.42 Å². The van der Waals surface area contributed by atoms with E-state index < -0.39 is 5.97 Å². The van der Waals surface area contributed by atoms with Gasteiger partial charge >= 0.3 is 5.97 Å². The molecule has 2 rings (SSSR count). The fourth-order valence-electron chi connectivity index (χ4n) is 2.66. The third-order valence-corrected chi connectivity index (χ3v) is 3.77. The van der Waals surface area contributed by atoms with Crippen molar-refractivity contribution < 1.29 is 9.90 Å². The Morgan fingerprint density at radius 2 is 2.06 bits per heavy atom. The van der Waals surface area contributed by atoms with Crippen LogP contribution in [0.25, 0.3) is 0 Å². The van der Waals surface area contributed by atoms with Crippen molar-refractivity contribution in [3.63, 3.8) is 0 Å². The molecule has 1 aliphatic carbocycles. The van der Waals surface area contributed by atoms with Gasteiger partial charge in [-0.1, -0.05) is 18.2 Å². The quantitative estimate of drug-likeness (QED) is 0.866. The molecule has 0 saturated heterocycles. The number of carboxylic acid groups (broad SMARTS) is 1. The van der Waals surface area contributed by atoms with E-state index in [0.717, 1.165) is 6.42 Å². The van der Waals surface area contributed by atoms with Crippen LogP contribution in [0.15, 0.2) is 18.2 Å². The maximum absolute atomic E-state index is 10.9. The smallest absolute Gasteiger partial charge is 0.304 e. The van der Waals surface area contributed by atoms with Gasteiger partial charge in [0.15, 0.2) is 0 Å². The molecule has 1 aromatic carbocycles. The van der Waals surface area contributed by atoms with E-state index in [0.29, 0.717) is 0 Å². The van der Waals surface area contributed by atoms with Gasteiger partial charge in [0, 0.05) is 6.04 Å². The molecule has 0 amide bonds. The molecule has 0 spiro atoms. The standard InChI is InChI=1S/C15H21NO2/c1-16(2)14(10-15(17)18)9-11-6-7-12-4-3-5-13(12)8-11/h6-8,14H,3-5,9-10H2,1-2H3,(H,17,18). The Labute approximate surface area is 108 Å². The molecule has 0 fully saturated rings. The molecule has 0 bridgehead atoms. The number of carbonyl (C=O) groups is 1. The van der Waals surface area contributed by atoms with Crippen LogP contribution in [0.4, 0.5) is 0 Å². The maximum atomic E-state index is 10.9. The molecular weight excluding hydrogens is 226 g/mol. The van der Waals surface area contributed by atoms with Gasteiger partial charge in [-0.25, -0.2) is 0 Å². The molecule has 1 atom stereocenters. The van der Waals surface area contributed by atoms with Crippen molar-refractivity contribution in [2.75, 3.05) is 14.1 Å².